The van der Waals surface area contributed by atoms with Crippen molar-refractivity contribution in [3.63, 3.8) is 0 Å². The molecule has 4 aromatic rings. The van der Waals surface area contributed by atoms with Crippen molar-refractivity contribution in [2.75, 3.05) is 12.3 Å². The highest BCUT2D eigenvalue weighted by Gasteiger charge is 2.13. The van der Waals surface area contributed by atoms with Gasteiger partial charge >= 0.3 is 0 Å². The maximum atomic E-state index is 2.30. The van der Waals surface area contributed by atoms with Crippen LogP contribution in [0.15, 0.2) is 121 Å². The standard InChI is InChI=1S/C32H36P2/c1-5-15-29(16-6-1)25-33(26-30-17-7-2-8-18-30)23-13-14-24-34(27-31-19-9-3-10-20-31)28-32-21-11-4-12-22-32/h1-12,15-22H,13-14,23-28H2. The predicted molar refractivity (Wildman–Crippen MR) is 153 cm³/mol. The van der Waals surface area contributed by atoms with E-state index in [9.17, 15) is 0 Å². The van der Waals surface area contributed by atoms with Gasteiger partial charge in [0.25, 0.3) is 0 Å². The minimum Gasteiger partial charge on any atom is -0.0977 e. The molecule has 0 aliphatic heterocycles. The van der Waals surface area contributed by atoms with Crippen LogP contribution in [-0.4, -0.2) is 12.3 Å². The molecule has 0 N–H and O–H groups in total. The average molecular weight is 483 g/mol. The van der Waals surface area contributed by atoms with Gasteiger partial charge in [-0.3, -0.25) is 0 Å². The molecule has 0 unspecified atom stereocenters. The van der Waals surface area contributed by atoms with E-state index in [0.717, 1.165) is 0 Å². The summed E-state index contributed by atoms with van der Waals surface area (Å²) in [5, 5.41) is 0. The Morgan fingerprint density at radius 1 is 0.324 bits per heavy atom. The first kappa shape index (κ1) is 24.9. The van der Waals surface area contributed by atoms with Gasteiger partial charge in [-0.1, -0.05) is 137 Å². The highest BCUT2D eigenvalue weighted by molar-refractivity contribution is 7.56. The van der Waals surface area contributed by atoms with Crippen molar-refractivity contribution in [3.8, 4) is 0 Å². The summed E-state index contributed by atoms with van der Waals surface area (Å²) < 4.78 is 0. The molecule has 0 fully saturated rings. The molecule has 174 valence electrons. The van der Waals surface area contributed by atoms with E-state index in [1.807, 2.05) is 0 Å². The van der Waals surface area contributed by atoms with Crippen molar-refractivity contribution in [1.82, 2.24) is 0 Å². The van der Waals surface area contributed by atoms with Gasteiger partial charge in [-0.25, -0.2) is 0 Å². The van der Waals surface area contributed by atoms with Crippen LogP contribution in [0.4, 0.5) is 0 Å². The van der Waals surface area contributed by atoms with Gasteiger partial charge in [-0.15, -0.1) is 0 Å². The Balaban J connectivity index is 1.34. The van der Waals surface area contributed by atoms with Gasteiger partial charge in [0, 0.05) is 0 Å². The van der Waals surface area contributed by atoms with E-state index >= 15 is 0 Å². The molecule has 0 heterocycles. The van der Waals surface area contributed by atoms with E-state index in [-0.39, 0.29) is 15.8 Å². The highest BCUT2D eigenvalue weighted by atomic mass is 31.1. The summed E-state index contributed by atoms with van der Waals surface area (Å²) >= 11 is 0. The zero-order valence-electron chi connectivity index (χ0n) is 20.1. The van der Waals surface area contributed by atoms with Gasteiger partial charge in [0.15, 0.2) is 0 Å². The lowest BCUT2D eigenvalue weighted by Gasteiger charge is -2.21. The third-order valence-corrected chi connectivity index (χ3v) is 11.3. The minimum absolute atomic E-state index is 0.0331. The summed E-state index contributed by atoms with van der Waals surface area (Å²) in [6.07, 6.45) is 10.4. The number of hydrogen-bond donors (Lipinski definition) is 0. The number of rotatable bonds is 13. The van der Waals surface area contributed by atoms with E-state index in [0.29, 0.717) is 0 Å². The molecule has 0 bridgehead atoms. The number of unbranched alkanes of at least 4 members (excludes halogenated alkanes) is 1. The van der Waals surface area contributed by atoms with Crippen molar-refractivity contribution in [2.45, 2.75) is 37.5 Å². The molecule has 0 aromatic heterocycles. The van der Waals surface area contributed by atoms with E-state index in [2.05, 4.69) is 121 Å². The van der Waals surface area contributed by atoms with Crippen LogP contribution < -0.4 is 0 Å². The fraction of sp³-hybridized carbons (Fsp3) is 0.250. The number of benzene rings is 4. The Morgan fingerprint density at radius 3 is 0.794 bits per heavy atom. The van der Waals surface area contributed by atoms with Crippen LogP contribution in [0.2, 0.25) is 0 Å². The molecule has 0 aliphatic carbocycles. The summed E-state index contributed by atoms with van der Waals surface area (Å²) in [5.41, 5.74) is 6.00. The predicted octanol–water partition coefficient (Wildman–Crippen LogP) is 9.53. The van der Waals surface area contributed by atoms with E-state index in [1.54, 1.807) is 0 Å². The fourth-order valence-corrected chi connectivity index (χ4v) is 9.57. The second kappa shape index (κ2) is 14.2. The summed E-state index contributed by atoms with van der Waals surface area (Å²) in [7, 11) is -0.0662. The van der Waals surface area contributed by atoms with Crippen molar-refractivity contribution in [3.05, 3.63) is 144 Å². The molecule has 0 atom stereocenters. The van der Waals surface area contributed by atoms with Gasteiger partial charge in [0.05, 0.1) is 0 Å². The summed E-state index contributed by atoms with van der Waals surface area (Å²) in [6.45, 7) is 0. The minimum atomic E-state index is -0.0331. The van der Waals surface area contributed by atoms with Crippen LogP contribution in [0, 0.1) is 0 Å². The smallest absolute Gasteiger partial charge is 0.00701 e. The molecule has 0 spiro atoms. The Hall–Kier alpha value is -2.26. The third kappa shape index (κ3) is 8.83. The molecule has 0 saturated heterocycles. The lowest BCUT2D eigenvalue weighted by molar-refractivity contribution is 0.889. The largest absolute Gasteiger partial charge is 0.0977 e. The lowest BCUT2D eigenvalue weighted by Crippen LogP contribution is -1.98. The average Bonchev–Trinajstić information content (AvgIpc) is 2.89. The van der Waals surface area contributed by atoms with Crippen LogP contribution in [0.3, 0.4) is 0 Å². The van der Waals surface area contributed by atoms with Crippen LogP contribution >= 0.6 is 15.8 Å². The van der Waals surface area contributed by atoms with Gasteiger partial charge in [0.1, 0.15) is 0 Å². The van der Waals surface area contributed by atoms with Crippen LogP contribution in [0.1, 0.15) is 35.1 Å². The van der Waals surface area contributed by atoms with Crippen molar-refractivity contribution >= 4 is 15.8 Å². The van der Waals surface area contributed by atoms with Gasteiger partial charge in [0.2, 0.25) is 0 Å². The van der Waals surface area contributed by atoms with Crippen LogP contribution in [0.5, 0.6) is 0 Å². The Labute approximate surface area is 209 Å². The Kier molecular flexibility index (Phi) is 10.4. The number of hydrogen-bond acceptors (Lipinski definition) is 0. The molecule has 0 amide bonds. The Bertz CT molecular complexity index is 877. The quantitative estimate of drug-likeness (QED) is 0.131. The van der Waals surface area contributed by atoms with Gasteiger partial charge < -0.3 is 0 Å². The maximum absolute atomic E-state index is 2.30. The molecular weight excluding hydrogens is 446 g/mol. The molecule has 4 aromatic carbocycles. The Morgan fingerprint density at radius 2 is 0.559 bits per heavy atom. The zero-order valence-corrected chi connectivity index (χ0v) is 21.9. The highest BCUT2D eigenvalue weighted by Crippen LogP contribution is 2.47. The second-order valence-corrected chi connectivity index (χ2v) is 13.9. The summed E-state index contributed by atoms with van der Waals surface area (Å²) in [4.78, 5) is 0. The van der Waals surface area contributed by atoms with Crippen molar-refractivity contribution < 1.29 is 0 Å². The molecule has 0 aliphatic rings. The second-order valence-electron chi connectivity index (χ2n) is 9.07. The molecule has 4 rings (SSSR count). The molecule has 2 heteroatoms. The fourth-order valence-electron chi connectivity index (χ4n) is 4.47. The van der Waals surface area contributed by atoms with E-state index in [1.165, 1.54) is 72.1 Å². The van der Waals surface area contributed by atoms with E-state index in [4.69, 9.17) is 0 Å². The lowest BCUT2D eigenvalue weighted by atomic mass is 10.2. The molecule has 0 radical (unpaired) electrons. The molecule has 0 saturated carbocycles. The maximum Gasteiger partial charge on any atom is -0.00701 e. The zero-order chi connectivity index (χ0) is 23.3. The third-order valence-electron chi connectivity index (χ3n) is 6.19. The topological polar surface area (TPSA) is 0 Å². The molecule has 34 heavy (non-hydrogen) atoms. The van der Waals surface area contributed by atoms with Crippen molar-refractivity contribution in [1.29, 1.82) is 0 Å². The first-order valence-electron chi connectivity index (χ1n) is 12.5. The normalized spacial score (nSPS) is 11.2. The van der Waals surface area contributed by atoms with E-state index < -0.39 is 0 Å². The van der Waals surface area contributed by atoms with Gasteiger partial charge in [-0.2, -0.15) is 0 Å². The summed E-state index contributed by atoms with van der Waals surface area (Å²) in [6, 6.07) is 44.4. The molecular formula is C32H36P2. The van der Waals surface area contributed by atoms with Crippen molar-refractivity contribution in [2.24, 2.45) is 0 Å². The van der Waals surface area contributed by atoms with Crippen LogP contribution in [0.25, 0.3) is 0 Å². The first-order valence-corrected chi connectivity index (χ1v) is 16.2. The SMILES string of the molecule is c1ccc(CP(CCCCP(Cc2ccccc2)Cc2ccccc2)Cc2ccccc2)cc1. The monoisotopic (exact) mass is 482 g/mol. The van der Waals surface area contributed by atoms with Gasteiger partial charge in [-0.05, 0) is 72.1 Å². The first-order chi connectivity index (χ1) is 16.8. The molecule has 0 nitrogen and oxygen atoms in total. The van der Waals surface area contributed by atoms with Crippen LogP contribution in [-0.2, 0) is 24.6 Å². The summed E-state index contributed by atoms with van der Waals surface area (Å²) in [5.74, 6) is 0.